The Morgan fingerprint density at radius 3 is 2.64 bits per heavy atom. The van der Waals surface area contributed by atoms with Gasteiger partial charge in [0.2, 0.25) is 15.3 Å². The molecule has 0 saturated carbocycles. The van der Waals surface area contributed by atoms with Gasteiger partial charge in [0.25, 0.3) is 5.91 Å². The zero-order chi connectivity index (χ0) is 18.6. The molecule has 0 spiro atoms. The number of sulfonamides is 1. The molecule has 0 fully saturated rings. The Labute approximate surface area is 148 Å². The number of nitrogens with one attached hydrogen (secondary N) is 2. The lowest BCUT2D eigenvalue weighted by atomic mass is 9.91. The minimum Gasteiger partial charge on any atom is -0.343 e. The van der Waals surface area contributed by atoms with Gasteiger partial charge in [-0.3, -0.25) is 9.52 Å². The Bertz CT molecular complexity index is 1010. The van der Waals surface area contributed by atoms with E-state index in [-0.39, 0.29) is 33.7 Å². The molecule has 2 aromatic rings. The fourth-order valence-electron chi connectivity index (χ4n) is 2.87. The van der Waals surface area contributed by atoms with E-state index < -0.39 is 21.4 Å². The number of anilines is 1. The van der Waals surface area contributed by atoms with Crippen LogP contribution >= 0.6 is 11.6 Å². The third kappa shape index (κ3) is 3.29. The predicted molar refractivity (Wildman–Crippen MR) is 91.4 cm³/mol. The number of hydrogen-bond acceptors (Lipinski definition) is 5. The summed E-state index contributed by atoms with van der Waals surface area (Å²) >= 11 is 5.72. The lowest BCUT2D eigenvalue weighted by Crippen LogP contribution is -2.33. The van der Waals surface area contributed by atoms with Crippen molar-refractivity contribution in [3.8, 4) is 11.3 Å². The van der Waals surface area contributed by atoms with Gasteiger partial charge < -0.3 is 5.32 Å². The molecule has 2 N–H and O–H groups in total. The summed E-state index contributed by atoms with van der Waals surface area (Å²) in [7, 11) is -3.63. The second kappa shape index (κ2) is 5.63. The van der Waals surface area contributed by atoms with Crippen LogP contribution in [0.5, 0.6) is 0 Å². The fraction of sp³-hybridized carbons (Fsp3) is 0.267. The van der Waals surface area contributed by atoms with Crippen LogP contribution in [0.4, 0.5) is 10.1 Å². The topological polar surface area (TPSA) is 101 Å². The van der Waals surface area contributed by atoms with E-state index in [1.54, 1.807) is 13.8 Å². The molecule has 0 bridgehead atoms. The largest absolute Gasteiger partial charge is 0.343 e. The van der Waals surface area contributed by atoms with Gasteiger partial charge in [-0.25, -0.2) is 22.8 Å². The number of carbonyl (C=O) groups is 1. The Balaban J connectivity index is 2.31. The maximum absolute atomic E-state index is 14.1. The molecule has 0 unspecified atom stereocenters. The highest BCUT2D eigenvalue weighted by Gasteiger charge is 2.38. The summed E-state index contributed by atoms with van der Waals surface area (Å²) in [6.07, 6.45) is 1.90. The first kappa shape index (κ1) is 17.6. The summed E-state index contributed by atoms with van der Waals surface area (Å²) in [4.78, 5) is 19.7. The molecule has 0 radical (unpaired) electrons. The van der Waals surface area contributed by atoms with Gasteiger partial charge in [-0.05, 0) is 37.6 Å². The summed E-state index contributed by atoms with van der Waals surface area (Å²) < 4.78 is 39.9. The van der Waals surface area contributed by atoms with Crippen molar-refractivity contribution in [1.29, 1.82) is 0 Å². The van der Waals surface area contributed by atoms with Gasteiger partial charge in [-0.15, -0.1) is 0 Å². The van der Waals surface area contributed by atoms with Gasteiger partial charge in [0.15, 0.2) is 5.82 Å². The highest BCUT2D eigenvalue weighted by atomic mass is 35.5. The Morgan fingerprint density at radius 1 is 1.32 bits per heavy atom. The van der Waals surface area contributed by atoms with Crippen molar-refractivity contribution in [1.82, 2.24) is 15.3 Å². The van der Waals surface area contributed by atoms with E-state index in [1.165, 1.54) is 12.1 Å². The van der Waals surface area contributed by atoms with Crippen LogP contribution in [0, 0.1) is 5.82 Å². The number of rotatable bonds is 3. The molecule has 7 nitrogen and oxygen atoms in total. The molecule has 2 heterocycles. The maximum Gasteiger partial charge on any atom is 0.252 e. The standard InChI is InChI=1S/C15H14ClFN4O3S/c1-15(2)11-8(13(22)20-15)4-7(5-10(11)21-25(3,23)24)12-9(17)6-18-14(16)19-12/h4-6,21H,1-3H3,(H,20,22). The summed E-state index contributed by atoms with van der Waals surface area (Å²) in [5.74, 6) is -1.13. The minimum atomic E-state index is -3.63. The summed E-state index contributed by atoms with van der Waals surface area (Å²) in [5.41, 5.74) is 0.179. The number of fused-ring (bicyclic) bond motifs is 1. The van der Waals surface area contributed by atoms with E-state index in [0.717, 1.165) is 12.5 Å². The van der Waals surface area contributed by atoms with Gasteiger partial charge in [0, 0.05) is 16.7 Å². The van der Waals surface area contributed by atoms with Gasteiger partial charge >= 0.3 is 0 Å². The summed E-state index contributed by atoms with van der Waals surface area (Å²) in [6.45, 7) is 3.48. The molecule has 10 heteroatoms. The normalized spacial score (nSPS) is 15.6. The first-order chi connectivity index (χ1) is 11.5. The maximum atomic E-state index is 14.1. The first-order valence-electron chi connectivity index (χ1n) is 7.15. The van der Waals surface area contributed by atoms with E-state index >= 15 is 0 Å². The van der Waals surface area contributed by atoms with Crippen molar-refractivity contribution in [3.63, 3.8) is 0 Å². The molecular weight excluding hydrogens is 371 g/mol. The predicted octanol–water partition coefficient (Wildman–Crippen LogP) is 2.29. The van der Waals surface area contributed by atoms with Gasteiger partial charge in [0.05, 0.1) is 23.7 Å². The van der Waals surface area contributed by atoms with Crippen molar-refractivity contribution in [2.75, 3.05) is 11.0 Å². The third-order valence-corrected chi connectivity index (χ3v) is 4.49. The van der Waals surface area contributed by atoms with Crippen LogP contribution in [0.1, 0.15) is 29.8 Å². The van der Waals surface area contributed by atoms with E-state index in [1.807, 2.05) is 0 Å². The lowest BCUT2D eigenvalue weighted by Gasteiger charge is -2.22. The molecule has 1 aliphatic heterocycles. The number of carbonyl (C=O) groups excluding carboxylic acids is 1. The fourth-order valence-corrected chi connectivity index (χ4v) is 3.57. The molecular formula is C15H14ClFN4O3S. The quantitative estimate of drug-likeness (QED) is 0.790. The lowest BCUT2D eigenvalue weighted by molar-refractivity contribution is 0.0940. The van der Waals surface area contributed by atoms with Crippen LogP contribution in [-0.2, 0) is 15.6 Å². The smallest absolute Gasteiger partial charge is 0.252 e. The van der Waals surface area contributed by atoms with Crippen LogP contribution < -0.4 is 10.0 Å². The third-order valence-electron chi connectivity index (χ3n) is 3.72. The van der Waals surface area contributed by atoms with Crippen molar-refractivity contribution in [2.45, 2.75) is 19.4 Å². The second-order valence-corrected chi connectivity index (χ2v) is 8.32. The molecule has 3 rings (SSSR count). The van der Waals surface area contributed by atoms with Crippen LogP contribution in [-0.4, -0.2) is 30.5 Å². The Hall–Kier alpha value is -2.26. The molecule has 1 amide bonds. The van der Waals surface area contributed by atoms with Crippen LogP contribution in [0.3, 0.4) is 0 Å². The average Bonchev–Trinajstić information content (AvgIpc) is 2.69. The number of hydrogen-bond donors (Lipinski definition) is 2. The number of benzene rings is 1. The van der Waals surface area contributed by atoms with Gasteiger partial charge in [-0.1, -0.05) is 0 Å². The number of aromatic nitrogens is 2. The van der Waals surface area contributed by atoms with E-state index in [0.29, 0.717) is 5.56 Å². The van der Waals surface area contributed by atoms with Crippen LogP contribution in [0.25, 0.3) is 11.3 Å². The van der Waals surface area contributed by atoms with Crippen molar-refractivity contribution >= 4 is 33.2 Å². The summed E-state index contributed by atoms with van der Waals surface area (Å²) in [6, 6.07) is 2.87. The molecule has 1 aliphatic rings. The molecule has 132 valence electrons. The number of amides is 1. The van der Waals surface area contributed by atoms with Crippen molar-refractivity contribution in [3.05, 3.63) is 40.6 Å². The van der Waals surface area contributed by atoms with Crippen molar-refractivity contribution in [2.24, 2.45) is 0 Å². The molecule has 0 saturated heterocycles. The monoisotopic (exact) mass is 384 g/mol. The molecule has 1 aromatic carbocycles. The van der Waals surface area contributed by atoms with E-state index in [9.17, 15) is 17.6 Å². The Kier molecular flexibility index (Phi) is 3.96. The molecule has 1 aromatic heterocycles. The highest BCUT2D eigenvalue weighted by Crippen LogP contribution is 2.40. The number of nitrogens with zero attached hydrogens (tertiary/aromatic N) is 2. The van der Waals surface area contributed by atoms with Crippen LogP contribution in [0.15, 0.2) is 18.3 Å². The zero-order valence-electron chi connectivity index (χ0n) is 13.5. The second-order valence-electron chi connectivity index (χ2n) is 6.24. The van der Waals surface area contributed by atoms with E-state index in [4.69, 9.17) is 11.6 Å². The summed E-state index contributed by atoms with van der Waals surface area (Å²) in [5, 5.41) is 2.60. The zero-order valence-corrected chi connectivity index (χ0v) is 15.1. The number of halogens is 2. The Morgan fingerprint density at radius 2 is 2.00 bits per heavy atom. The first-order valence-corrected chi connectivity index (χ1v) is 9.42. The van der Waals surface area contributed by atoms with Gasteiger partial charge in [-0.2, -0.15) is 0 Å². The van der Waals surface area contributed by atoms with E-state index in [2.05, 4.69) is 20.0 Å². The molecule has 0 aliphatic carbocycles. The molecule has 25 heavy (non-hydrogen) atoms. The molecule has 0 atom stereocenters. The SMILES string of the molecule is CC1(C)NC(=O)c2cc(-c3nc(Cl)ncc3F)cc(NS(C)(=O)=O)c21. The van der Waals surface area contributed by atoms with Crippen molar-refractivity contribution < 1.29 is 17.6 Å². The van der Waals surface area contributed by atoms with Gasteiger partial charge in [0.1, 0.15) is 5.69 Å². The van der Waals surface area contributed by atoms with Crippen LogP contribution in [0.2, 0.25) is 5.28 Å². The highest BCUT2D eigenvalue weighted by molar-refractivity contribution is 7.92. The minimum absolute atomic E-state index is 0.128. The average molecular weight is 385 g/mol.